The van der Waals surface area contributed by atoms with Crippen LogP contribution < -0.4 is 5.32 Å². The second kappa shape index (κ2) is 7.65. The van der Waals surface area contributed by atoms with Gasteiger partial charge in [0, 0.05) is 39.4 Å². The number of ether oxygens (including phenoxy) is 1. The van der Waals surface area contributed by atoms with Gasteiger partial charge >= 0.3 is 6.09 Å². The highest BCUT2D eigenvalue weighted by Crippen LogP contribution is 2.56. The number of aromatic nitrogens is 1. The molecular formula is C23H32N4O4. The van der Waals surface area contributed by atoms with Gasteiger partial charge in [0.2, 0.25) is 0 Å². The molecular weight excluding hydrogens is 396 g/mol. The van der Waals surface area contributed by atoms with Gasteiger partial charge < -0.3 is 25.0 Å². The third kappa shape index (κ3) is 3.86. The maximum Gasteiger partial charge on any atom is 0.410 e. The van der Waals surface area contributed by atoms with Crippen LogP contribution in [0.2, 0.25) is 0 Å². The first-order valence-electron chi connectivity index (χ1n) is 11.4. The molecule has 31 heavy (non-hydrogen) atoms. The third-order valence-corrected chi connectivity index (χ3v) is 7.62. The Bertz CT molecular complexity index is 859. The maximum absolute atomic E-state index is 12.9. The molecule has 0 spiro atoms. The van der Waals surface area contributed by atoms with E-state index in [2.05, 4.69) is 10.3 Å². The molecule has 4 aliphatic carbocycles. The van der Waals surface area contributed by atoms with E-state index in [0.717, 1.165) is 38.5 Å². The summed E-state index contributed by atoms with van der Waals surface area (Å²) in [5.74, 6) is 1.63. The first-order chi connectivity index (χ1) is 14.8. The molecule has 3 atom stereocenters. The highest BCUT2D eigenvalue weighted by molar-refractivity contribution is 5.98. The molecule has 0 radical (unpaired) electrons. The maximum atomic E-state index is 12.9. The summed E-state index contributed by atoms with van der Waals surface area (Å²) < 4.78 is 6.02. The highest BCUT2D eigenvalue weighted by Gasteiger charge is 2.56. The number of carbonyl (C=O) groups is 2. The lowest BCUT2D eigenvalue weighted by Gasteiger charge is -2.57. The van der Waals surface area contributed by atoms with Crippen molar-refractivity contribution in [3.63, 3.8) is 0 Å². The predicted molar refractivity (Wildman–Crippen MR) is 115 cm³/mol. The van der Waals surface area contributed by atoms with Gasteiger partial charge in [-0.05, 0) is 68.4 Å². The van der Waals surface area contributed by atoms with Crippen LogP contribution in [0.15, 0.2) is 18.3 Å². The van der Waals surface area contributed by atoms with Crippen LogP contribution in [0.25, 0.3) is 0 Å². The summed E-state index contributed by atoms with van der Waals surface area (Å²) in [7, 11) is 3.43. The summed E-state index contributed by atoms with van der Waals surface area (Å²) in [5.41, 5.74) is 0.00645. The van der Waals surface area contributed by atoms with Gasteiger partial charge in [-0.1, -0.05) is 0 Å². The molecule has 6 rings (SSSR count). The number of hydrogen-bond donors (Lipinski definition) is 2. The first-order valence-corrected chi connectivity index (χ1v) is 11.4. The summed E-state index contributed by atoms with van der Waals surface area (Å²) >= 11 is 0. The number of nitrogens with zero attached hydrogens (tertiary/aromatic N) is 3. The Morgan fingerprint density at radius 3 is 2.68 bits per heavy atom. The van der Waals surface area contributed by atoms with Gasteiger partial charge in [-0.15, -0.1) is 0 Å². The van der Waals surface area contributed by atoms with Crippen molar-refractivity contribution in [1.29, 1.82) is 0 Å². The molecule has 4 bridgehead atoms. The van der Waals surface area contributed by atoms with E-state index in [-0.39, 0.29) is 24.1 Å². The zero-order valence-corrected chi connectivity index (χ0v) is 18.3. The molecule has 4 saturated carbocycles. The SMILES string of the molecule is CN(C)C(=O)c1cccnc1NC1CCN(C(=O)OC2C3CC4CC2CC(O)(C4)C3)C1. The van der Waals surface area contributed by atoms with Crippen LogP contribution in [0.5, 0.6) is 0 Å². The minimum absolute atomic E-state index is 0.0235. The zero-order valence-electron chi connectivity index (χ0n) is 18.3. The standard InChI is InChI=1S/C23H32N4O4/c1-26(2)21(28)18-4-3-6-24-20(18)25-17-5-7-27(13-17)22(29)31-19-15-8-14-9-16(19)12-23(30,10-14)11-15/h3-4,6,14-17,19,30H,5,7-13H2,1-2H3,(H,24,25). The van der Waals surface area contributed by atoms with Gasteiger partial charge in [0.15, 0.2) is 0 Å². The molecule has 1 aromatic rings. The molecule has 2 N–H and O–H groups in total. The molecule has 2 heterocycles. The molecule has 2 amide bonds. The van der Waals surface area contributed by atoms with Crippen molar-refractivity contribution in [3.8, 4) is 0 Å². The summed E-state index contributed by atoms with van der Waals surface area (Å²) in [5, 5.41) is 14.1. The molecule has 1 saturated heterocycles. The van der Waals surface area contributed by atoms with E-state index in [1.807, 2.05) is 0 Å². The Morgan fingerprint density at radius 2 is 2.00 bits per heavy atom. The molecule has 8 nitrogen and oxygen atoms in total. The summed E-state index contributed by atoms with van der Waals surface area (Å²) in [6, 6.07) is 3.54. The molecule has 5 fully saturated rings. The van der Waals surface area contributed by atoms with Crippen LogP contribution in [0.4, 0.5) is 10.6 Å². The molecule has 168 valence electrons. The van der Waals surface area contributed by atoms with Gasteiger partial charge in [0.25, 0.3) is 5.91 Å². The van der Waals surface area contributed by atoms with Crippen molar-refractivity contribution in [2.45, 2.75) is 56.3 Å². The molecule has 1 aliphatic heterocycles. The number of likely N-dealkylation sites (tertiary alicyclic amines) is 1. The molecule has 5 aliphatic rings. The van der Waals surface area contributed by atoms with Crippen molar-refractivity contribution in [1.82, 2.24) is 14.8 Å². The van der Waals surface area contributed by atoms with Crippen LogP contribution >= 0.6 is 0 Å². The van der Waals surface area contributed by atoms with Gasteiger partial charge in [0.1, 0.15) is 11.9 Å². The van der Waals surface area contributed by atoms with E-state index >= 15 is 0 Å². The molecule has 1 aromatic heterocycles. The van der Waals surface area contributed by atoms with Crippen molar-refractivity contribution in [3.05, 3.63) is 23.9 Å². The number of carbonyl (C=O) groups excluding carboxylic acids is 2. The monoisotopic (exact) mass is 428 g/mol. The molecule has 3 unspecified atom stereocenters. The molecule has 8 heteroatoms. The van der Waals surface area contributed by atoms with E-state index < -0.39 is 5.60 Å². The number of aliphatic hydroxyl groups is 1. The Balaban J connectivity index is 1.19. The minimum atomic E-state index is -0.521. The quantitative estimate of drug-likeness (QED) is 0.764. The van der Waals surface area contributed by atoms with E-state index in [1.54, 1.807) is 37.3 Å². The number of pyridine rings is 1. The first kappa shape index (κ1) is 20.5. The fourth-order valence-electron chi connectivity index (χ4n) is 6.49. The third-order valence-electron chi connectivity index (χ3n) is 7.62. The Hall–Kier alpha value is -2.35. The molecule has 0 aromatic carbocycles. The van der Waals surface area contributed by atoms with Crippen LogP contribution in [0.3, 0.4) is 0 Å². The topological polar surface area (TPSA) is 95.0 Å². The summed E-state index contributed by atoms with van der Waals surface area (Å²) in [6.07, 6.45) is 6.74. The predicted octanol–water partition coefficient (Wildman–Crippen LogP) is 2.35. The van der Waals surface area contributed by atoms with Crippen molar-refractivity contribution < 1.29 is 19.4 Å². The Labute approximate surface area is 182 Å². The van der Waals surface area contributed by atoms with Gasteiger partial charge in [-0.3, -0.25) is 4.79 Å². The Kier molecular flexibility index (Phi) is 5.07. The average molecular weight is 429 g/mol. The van der Waals surface area contributed by atoms with E-state index in [4.69, 9.17) is 4.74 Å². The van der Waals surface area contributed by atoms with Crippen LogP contribution in [0, 0.1) is 17.8 Å². The number of amides is 2. The van der Waals surface area contributed by atoms with E-state index in [0.29, 0.717) is 42.2 Å². The number of nitrogens with one attached hydrogen (secondary N) is 1. The second-order valence-electron chi connectivity index (χ2n) is 10.2. The lowest BCUT2D eigenvalue weighted by molar-refractivity contribution is -0.177. The van der Waals surface area contributed by atoms with E-state index in [1.165, 1.54) is 4.90 Å². The Morgan fingerprint density at radius 1 is 1.26 bits per heavy atom. The van der Waals surface area contributed by atoms with Gasteiger partial charge in [-0.2, -0.15) is 0 Å². The number of anilines is 1. The lowest BCUT2D eigenvalue weighted by Crippen LogP contribution is -2.58. The van der Waals surface area contributed by atoms with Crippen molar-refractivity contribution >= 4 is 17.8 Å². The van der Waals surface area contributed by atoms with Crippen LogP contribution in [0.1, 0.15) is 48.9 Å². The summed E-state index contributed by atoms with van der Waals surface area (Å²) in [6.45, 7) is 1.15. The summed E-state index contributed by atoms with van der Waals surface area (Å²) in [4.78, 5) is 33.0. The van der Waals surface area contributed by atoms with Crippen molar-refractivity contribution in [2.24, 2.45) is 17.8 Å². The largest absolute Gasteiger partial charge is 0.446 e. The van der Waals surface area contributed by atoms with E-state index in [9.17, 15) is 14.7 Å². The second-order valence-corrected chi connectivity index (χ2v) is 10.2. The minimum Gasteiger partial charge on any atom is -0.446 e. The lowest BCUT2D eigenvalue weighted by atomic mass is 9.53. The van der Waals surface area contributed by atoms with Crippen molar-refractivity contribution in [2.75, 3.05) is 32.5 Å². The average Bonchev–Trinajstić information content (AvgIpc) is 3.18. The fourth-order valence-corrected chi connectivity index (χ4v) is 6.49. The normalized spacial score (nSPS) is 35.8. The zero-order chi connectivity index (χ0) is 21.8. The highest BCUT2D eigenvalue weighted by atomic mass is 16.6. The van der Waals surface area contributed by atoms with Crippen LogP contribution in [-0.4, -0.2) is 76.8 Å². The smallest absolute Gasteiger partial charge is 0.410 e. The number of hydrogen-bond acceptors (Lipinski definition) is 6. The fraction of sp³-hybridized carbons (Fsp3) is 0.696. The number of rotatable bonds is 4. The van der Waals surface area contributed by atoms with Gasteiger partial charge in [0.05, 0.1) is 11.2 Å². The van der Waals surface area contributed by atoms with Gasteiger partial charge in [-0.25, -0.2) is 9.78 Å². The van der Waals surface area contributed by atoms with Crippen LogP contribution in [-0.2, 0) is 4.74 Å².